The third-order valence-electron chi connectivity index (χ3n) is 3.71. The van der Waals surface area contributed by atoms with Crippen LogP contribution in [-0.2, 0) is 6.42 Å². The van der Waals surface area contributed by atoms with Crippen LogP contribution in [0.4, 0.5) is 0 Å². The molecule has 0 spiro atoms. The first-order valence-electron chi connectivity index (χ1n) is 7.87. The predicted octanol–water partition coefficient (Wildman–Crippen LogP) is 3.57. The largest absolute Gasteiger partial charge is 0.361 e. The minimum atomic E-state index is 0.474. The van der Waals surface area contributed by atoms with Gasteiger partial charge in [0.25, 0.3) is 0 Å². The van der Waals surface area contributed by atoms with E-state index in [4.69, 9.17) is 23.8 Å². The van der Waals surface area contributed by atoms with Crippen LogP contribution >= 0.6 is 23.8 Å². The predicted molar refractivity (Wildman–Crippen MR) is 107 cm³/mol. The van der Waals surface area contributed by atoms with Crippen LogP contribution < -0.4 is 10.7 Å². The maximum Gasteiger partial charge on any atom is 0.186 e. The standard InChI is InChI=1S/C18H18ClN5S/c1-12-4-6-20-15(8-12)11-23-24-18(25)21-7-5-13-10-22-17-3-2-14(19)9-16(13)17/h2-4,6,8-11,22H,5,7H2,1H3,(H2,21,24,25)/b23-11+. The average molecular weight is 372 g/mol. The number of hydrogen-bond donors (Lipinski definition) is 3. The van der Waals surface area contributed by atoms with Gasteiger partial charge in [-0.1, -0.05) is 11.6 Å². The van der Waals surface area contributed by atoms with Gasteiger partial charge in [0.15, 0.2) is 5.11 Å². The summed E-state index contributed by atoms with van der Waals surface area (Å²) in [5.41, 5.74) is 6.99. The van der Waals surface area contributed by atoms with E-state index >= 15 is 0 Å². The number of nitrogens with zero attached hydrogens (tertiary/aromatic N) is 2. The Morgan fingerprint density at radius 3 is 3.08 bits per heavy atom. The van der Waals surface area contributed by atoms with Crippen LogP contribution in [0.15, 0.2) is 47.8 Å². The van der Waals surface area contributed by atoms with Crippen molar-refractivity contribution in [2.75, 3.05) is 6.54 Å². The van der Waals surface area contributed by atoms with Gasteiger partial charge >= 0.3 is 0 Å². The van der Waals surface area contributed by atoms with Gasteiger partial charge in [0.05, 0.1) is 11.9 Å². The highest BCUT2D eigenvalue weighted by molar-refractivity contribution is 7.80. The fraction of sp³-hybridized carbons (Fsp3) is 0.167. The lowest BCUT2D eigenvalue weighted by atomic mass is 10.1. The Labute approximate surface area is 156 Å². The molecule has 3 rings (SSSR count). The Kier molecular flexibility index (Phi) is 5.63. The van der Waals surface area contributed by atoms with Crippen molar-refractivity contribution in [2.45, 2.75) is 13.3 Å². The highest BCUT2D eigenvalue weighted by atomic mass is 35.5. The van der Waals surface area contributed by atoms with Crippen molar-refractivity contribution in [3.63, 3.8) is 0 Å². The van der Waals surface area contributed by atoms with E-state index in [1.807, 2.05) is 43.5 Å². The zero-order chi connectivity index (χ0) is 17.6. The molecule has 0 unspecified atom stereocenters. The van der Waals surface area contributed by atoms with E-state index in [-0.39, 0.29) is 0 Å². The molecule has 2 heterocycles. The van der Waals surface area contributed by atoms with Crippen molar-refractivity contribution in [3.8, 4) is 0 Å². The average Bonchev–Trinajstić information content (AvgIpc) is 2.97. The molecule has 3 aromatic rings. The summed E-state index contributed by atoms with van der Waals surface area (Å²) >= 11 is 11.3. The quantitative estimate of drug-likeness (QED) is 0.364. The van der Waals surface area contributed by atoms with Crippen LogP contribution in [0, 0.1) is 6.92 Å². The second-order valence-electron chi connectivity index (χ2n) is 5.64. The highest BCUT2D eigenvalue weighted by Crippen LogP contribution is 2.22. The van der Waals surface area contributed by atoms with E-state index in [9.17, 15) is 0 Å². The van der Waals surface area contributed by atoms with Gasteiger partial charge in [0, 0.05) is 34.9 Å². The SMILES string of the molecule is Cc1ccnc(/C=N/NC(=S)NCCc2c[nH]c3ccc(Cl)cc23)c1. The molecule has 2 aromatic heterocycles. The van der Waals surface area contributed by atoms with Gasteiger partial charge in [-0.3, -0.25) is 10.4 Å². The van der Waals surface area contributed by atoms with Gasteiger partial charge in [-0.15, -0.1) is 0 Å². The van der Waals surface area contributed by atoms with Gasteiger partial charge in [-0.2, -0.15) is 5.10 Å². The molecule has 0 saturated carbocycles. The molecule has 0 aliphatic rings. The van der Waals surface area contributed by atoms with E-state index in [1.165, 1.54) is 5.56 Å². The van der Waals surface area contributed by atoms with E-state index in [0.29, 0.717) is 11.7 Å². The van der Waals surface area contributed by atoms with Gasteiger partial charge in [0.2, 0.25) is 0 Å². The molecule has 0 atom stereocenters. The summed E-state index contributed by atoms with van der Waals surface area (Å²) in [7, 11) is 0. The lowest BCUT2D eigenvalue weighted by Gasteiger charge is -2.06. The van der Waals surface area contributed by atoms with E-state index in [0.717, 1.165) is 33.6 Å². The summed E-state index contributed by atoms with van der Waals surface area (Å²) in [6.45, 7) is 2.71. The molecule has 128 valence electrons. The Hall–Kier alpha value is -2.44. The fourth-order valence-corrected chi connectivity index (χ4v) is 2.82. The zero-order valence-corrected chi connectivity index (χ0v) is 15.3. The topological polar surface area (TPSA) is 65.1 Å². The van der Waals surface area contributed by atoms with Gasteiger partial charge in [0.1, 0.15) is 0 Å². The first kappa shape index (κ1) is 17.4. The van der Waals surface area contributed by atoms with Gasteiger partial charge < -0.3 is 10.3 Å². The molecule has 0 aliphatic heterocycles. The lowest BCUT2D eigenvalue weighted by Crippen LogP contribution is -2.33. The molecule has 0 amide bonds. The summed E-state index contributed by atoms with van der Waals surface area (Å²) in [5.74, 6) is 0. The normalized spacial score (nSPS) is 11.1. The third-order valence-corrected chi connectivity index (χ3v) is 4.18. The molecule has 25 heavy (non-hydrogen) atoms. The molecule has 0 fully saturated rings. The molecule has 1 aromatic carbocycles. The van der Waals surface area contributed by atoms with E-state index in [1.54, 1.807) is 12.4 Å². The second-order valence-corrected chi connectivity index (χ2v) is 6.48. The number of nitrogens with one attached hydrogen (secondary N) is 3. The van der Waals surface area contributed by atoms with E-state index in [2.05, 4.69) is 25.8 Å². The van der Waals surface area contributed by atoms with Crippen molar-refractivity contribution in [3.05, 3.63) is 64.6 Å². The molecular formula is C18H18ClN5S. The number of hydrazone groups is 1. The van der Waals surface area contributed by atoms with Crippen LogP contribution in [0.3, 0.4) is 0 Å². The molecule has 0 bridgehead atoms. The number of aromatic amines is 1. The van der Waals surface area contributed by atoms with Crippen LogP contribution in [0.1, 0.15) is 16.8 Å². The number of aromatic nitrogens is 2. The second kappa shape index (κ2) is 8.09. The number of rotatable bonds is 5. The number of benzene rings is 1. The van der Waals surface area contributed by atoms with Crippen molar-refractivity contribution < 1.29 is 0 Å². The number of pyridine rings is 1. The number of fused-ring (bicyclic) bond motifs is 1. The Morgan fingerprint density at radius 1 is 1.36 bits per heavy atom. The molecular weight excluding hydrogens is 354 g/mol. The van der Waals surface area contributed by atoms with Crippen molar-refractivity contribution in [2.24, 2.45) is 5.10 Å². The van der Waals surface area contributed by atoms with Crippen LogP contribution in [0.25, 0.3) is 10.9 Å². The van der Waals surface area contributed by atoms with Crippen LogP contribution in [-0.4, -0.2) is 27.8 Å². The van der Waals surface area contributed by atoms with Crippen molar-refractivity contribution in [1.29, 1.82) is 0 Å². The lowest BCUT2D eigenvalue weighted by molar-refractivity contribution is 0.841. The Balaban J connectivity index is 1.48. The summed E-state index contributed by atoms with van der Waals surface area (Å²) < 4.78 is 0. The monoisotopic (exact) mass is 371 g/mol. The maximum atomic E-state index is 6.07. The minimum Gasteiger partial charge on any atom is -0.361 e. The highest BCUT2D eigenvalue weighted by Gasteiger charge is 2.04. The smallest absolute Gasteiger partial charge is 0.186 e. The van der Waals surface area contributed by atoms with Crippen LogP contribution in [0.2, 0.25) is 5.02 Å². The summed E-state index contributed by atoms with van der Waals surface area (Å²) in [5, 5.41) is 9.58. The molecule has 5 nitrogen and oxygen atoms in total. The summed E-state index contributed by atoms with van der Waals surface area (Å²) in [6.07, 6.45) is 6.22. The number of H-pyrrole nitrogens is 1. The number of thiocarbonyl (C=S) groups is 1. The molecule has 0 radical (unpaired) electrons. The maximum absolute atomic E-state index is 6.07. The van der Waals surface area contributed by atoms with Gasteiger partial charge in [-0.05, 0) is 67.0 Å². The van der Waals surface area contributed by atoms with Crippen molar-refractivity contribution >= 4 is 46.0 Å². The van der Waals surface area contributed by atoms with Crippen LogP contribution in [0.5, 0.6) is 0 Å². The molecule has 7 heteroatoms. The van der Waals surface area contributed by atoms with E-state index < -0.39 is 0 Å². The third kappa shape index (κ3) is 4.78. The van der Waals surface area contributed by atoms with Gasteiger partial charge in [-0.25, -0.2) is 0 Å². The number of halogens is 1. The number of hydrogen-bond acceptors (Lipinski definition) is 3. The minimum absolute atomic E-state index is 0.474. The summed E-state index contributed by atoms with van der Waals surface area (Å²) in [4.78, 5) is 7.45. The fourth-order valence-electron chi connectivity index (χ4n) is 2.49. The zero-order valence-electron chi connectivity index (χ0n) is 13.7. The van der Waals surface area contributed by atoms with Crippen molar-refractivity contribution in [1.82, 2.24) is 20.7 Å². The number of aryl methyl sites for hydroxylation is 1. The molecule has 3 N–H and O–H groups in total. The Morgan fingerprint density at radius 2 is 2.24 bits per heavy atom. The first-order valence-corrected chi connectivity index (χ1v) is 8.65. The molecule has 0 aliphatic carbocycles. The molecule has 0 saturated heterocycles. The Bertz CT molecular complexity index is 919. The summed E-state index contributed by atoms with van der Waals surface area (Å²) in [6, 6.07) is 9.72. The first-order chi connectivity index (χ1) is 12.1.